The van der Waals surface area contributed by atoms with Crippen LogP contribution in [0.5, 0.6) is 0 Å². The van der Waals surface area contributed by atoms with Gasteiger partial charge >= 0.3 is 5.97 Å². The number of rotatable bonds is 2. The molecule has 0 radical (unpaired) electrons. The zero-order valence-corrected chi connectivity index (χ0v) is 10.4. The average Bonchev–Trinajstić information content (AvgIpc) is 2.47. The SMILES string of the molecule is O=C([OH2+])c1ccc2nc(N3CCOCC3)ccc2c1. The van der Waals surface area contributed by atoms with Gasteiger partial charge in [-0.2, -0.15) is 0 Å². The second kappa shape index (κ2) is 4.85. The molecule has 1 aliphatic rings. The Morgan fingerprint density at radius 1 is 1.21 bits per heavy atom. The van der Waals surface area contributed by atoms with Crippen molar-refractivity contribution in [1.29, 1.82) is 0 Å². The first-order valence-electron chi connectivity index (χ1n) is 6.23. The zero-order valence-electron chi connectivity index (χ0n) is 10.4. The van der Waals surface area contributed by atoms with Crippen LogP contribution in [0, 0.1) is 0 Å². The summed E-state index contributed by atoms with van der Waals surface area (Å²) in [6.07, 6.45) is 0. The number of carbonyl (C=O) groups excluding carboxylic acids is 1. The molecule has 2 heterocycles. The Morgan fingerprint density at radius 3 is 2.74 bits per heavy atom. The van der Waals surface area contributed by atoms with E-state index < -0.39 is 5.97 Å². The number of fused-ring (bicyclic) bond motifs is 1. The van der Waals surface area contributed by atoms with Crippen LogP contribution in [0.3, 0.4) is 0 Å². The van der Waals surface area contributed by atoms with Gasteiger partial charge in [-0.15, -0.1) is 0 Å². The van der Waals surface area contributed by atoms with Crippen LogP contribution in [0.15, 0.2) is 30.3 Å². The van der Waals surface area contributed by atoms with Crippen LogP contribution in [-0.2, 0) is 4.74 Å². The van der Waals surface area contributed by atoms with E-state index in [1.54, 1.807) is 18.2 Å². The largest absolute Gasteiger partial charge is 0.561 e. The second-order valence-electron chi connectivity index (χ2n) is 4.51. The molecule has 1 aromatic heterocycles. The Morgan fingerprint density at radius 2 is 2.00 bits per heavy atom. The summed E-state index contributed by atoms with van der Waals surface area (Å²) in [5.74, 6) is 0.264. The Labute approximate surface area is 110 Å². The molecule has 1 saturated heterocycles. The predicted molar refractivity (Wildman–Crippen MR) is 72.7 cm³/mol. The first-order chi connectivity index (χ1) is 9.24. The lowest BCUT2D eigenvalue weighted by atomic mass is 10.1. The zero-order chi connectivity index (χ0) is 13.2. The Bertz CT molecular complexity index is 621. The third kappa shape index (κ3) is 2.37. The molecule has 98 valence electrons. The Balaban J connectivity index is 1.97. The standard InChI is InChI=1S/C14H14N2O3/c17-14(18)11-1-3-12-10(9-11)2-4-13(15-12)16-5-7-19-8-6-16/h1-4,9H,5-8H2,(H,17,18)/p+1. The third-order valence-corrected chi connectivity index (χ3v) is 3.27. The van der Waals surface area contributed by atoms with Gasteiger partial charge in [-0.25, -0.2) is 4.98 Å². The highest BCUT2D eigenvalue weighted by molar-refractivity contribution is 5.93. The summed E-state index contributed by atoms with van der Waals surface area (Å²) in [6.45, 7) is 3.15. The van der Waals surface area contributed by atoms with E-state index in [1.165, 1.54) is 0 Å². The number of anilines is 1. The molecule has 0 saturated carbocycles. The number of nitrogens with zero attached hydrogens (tertiary/aromatic N) is 2. The highest BCUT2D eigenvalue weighted by atomic mass is 16.5. The van der Waals surface area contributed by atoms with Gasteiger partial charge < -0.3 is 14.7 Å². The van der Waals surface area contributed by atoms with Gasteiger partial charge in [-0.05, 0) is 30.3 Å². The van der Waals surface area contributed by atoms with Gasteiger partial charge in [-0.3, -0.25) is 0 Å². The number of hydrogen-bond donors (Lipinski definition) is 0. The fourth-order valence-electron chi connectivity index (χ4n) is 2.22. The summed E-state index contributed by atoms with van der Waals surface area (Å²) in [5, 5.41) is 8.00. The molecule has 1 fully saturated rings. The lowest BCUT2D eigenvalue weighted by Crippen LogP contribution is -2.36. The molecule has 1 aliphatic heterocycles. The van der Waals surface area contributed by atoms with Crippen molar-refractivity contribution >= 4 is 22.7 Å². The van der Waals surface area contributed by atoms with Gasteiger partial charge in [0, 0.05) is 23.3 Å². The molecule has 0 amide bonds. The van der Waals surface area contributed by atoms with Crippen LogP contribution in [0.1, 0.15) is 10.4 Å². The van der Waals surface area contributed by atoms with Gasteiger partial charge in [0.05, 0.1) is 18.7 Å². The maximum atomic E-state index is 11.0. The molecule has 3 rings (SSSR count). The van der Waals surface area contributed by atoms with Crippen molar-refractivity contribution in [1.82, 2.24) is 4.98 Å². The summed E-state index contributed by atoms with van der Waals surface area (Å²) in [7, 11) is 0. The number of morpholine rings is 1. The Hall–Kier alpha value is -2.14. The Kier molecular flexibility index (Phi) is 3.05. The number of benzene rings is 1. The molecule has 0 bridgehead atoms. The van der Waals surface area contributed by atoms with E-state index in [0.29, 0.717) is 5.56 Å². The average molecular weight is 259 g/mol. The molecule has 5 heteroatoms. The van der Waals surface area contributed by atoms with Crippen LogP contribution >= 0.6 is 0 Å². The monoisotopic (exact) mass is 259 g/mol. The normalized spacial score (nSPS) is 15.7. The first-order valence-corrected chi connectivity index (χ1v) is 6.23. The van der Waals surface area contributed by atoms with E-state index >= 15 is 0 Å². The van der Waals surface area contributed by atoms with Gasteiger partial charge in [-0.1, -0.05) is 0 Å². The number of hydrogen-bond acceptors (Lipinski definition) is 4. The molecule has 5 nitrogen and oxygen atoms in total. The summed E-state index contributed by atoms with van der Waals surface area (Å²) in [6, 6.07) is 9.04. The summed E-state index contributed by atoms with van der Waals surface area (Å²) in [4.78, 5) is 17.8. The van der Waals surface area contributed by atoms with E-state index in [2.05, 4.69) is 9.88 Å². The van der Waals surface area contributed by atoms with E-state index in [1.807, 2.05) is 12.1 Å². The van der Waals surface area contributed by atoms with Crippen molar-refractivity contribution in [3.63, 3.8) is 0 Å². The minimum Gasteiger partial charge on any atom is -0.561 e. The van der Waals surface area contributed by atoms with Crippen molar-refractivity contribution in [2.45, 2.75) is 0 Å². The lowest BCUT2D eigenvalue weighted by Gasteiger charge is -2.27. The molecule has 1 aromatic carbocycles. The quantitative estimate of drug-likeness (QED) is 0.753. The maximum absolute atomic E-state index is 11.0. The summed E-state index contributed by atoms with van der Waals surface area (Å²) in [5.41, 5.74) is 1.24. The minimum atomic E-state index is -0.667. The molecule has 19 heavy (non-hydrogen) atoms. The molecular formula is C14H15N2O3+. The van der Waals surface area contributed by atoms with E-state index in [-0.39, 0.29) is 0 Å². The second-order valence-corrected chi connectivity index (χ2v) is 4.51. The number of carbonyl (C=O) groups is 1. The van der Waals surface area contributed by atoms with E-state index in [0.717, 1.165) is 43.0 Å². The van der Waals surface area contributed by atoms with Crippen molar-refractivity contribution in [2.24, 2.45) is 0 Å². The number of pyridine rings is 1. The van der Waals surface area contributed by atoms with Crippen LogP contribution < -0.4 is 4.90 Å². The minimum absolute atomic E-state index is 0.397. The fourth-order valence-corrected chi connectivity index (χ4v) is 2.22. The maximum Gasteiger partial charge on any atom is 0.549 e. The van der Waals surface area contributed by atoms with E-state index in [4.69, 9.17) is 9.84 Å². The van der Waals surface area contributed by atoms with Crippen LogP contribution in [0.4, 0.5) is 5.82 Å². The van der Waals surface area contributed by atoms with Crippen molar-refractivity contribution in [3.05, 3.63) is 35.9 Å². The van der Waals surface area contributed by atoms with E-state index in [9.17, 15) is 4.79 Å². The third-order valence-electron chi connectivity index (χ3n) is 3.27. The molecule has 0 atom stereocenters. The first kappa shape index (κ1) is 11.9. The van der Waals surface area contributed by atoms with Crippen molar-refractivity contribution < 1.29 is 14.6 Å². The van der Waals surface area contributed by atoms with Crippen LogP contribution in [-0.4, -0.2) is 42.4 Å². The van der Waals surface area contributed by atoms with Gasteiger partial charge in [0.2, 0.25) is 0 Å². The molecule has 0 aliphatic carbocycles. The van der Waals surface area contributed by atoms with Gasteiger partial charge in [0.25, 0.3) is 0 Å². The van der Waals surface area contributed by atoms with Crippen molar-refractivity contribution in [2.75, 3.05) is 31.2 Å². The molecule has 0 spiro atoms. The summed E-state index contributed by atoms with van der Waals surface area (Å²) >= 11 is 0. The fraction of sp³-hybridized carbons (Fsp3) is 0.286. The predicted octanol–water partition coefficient (Wildman–Crippen LogP) is 0.936. The molecule has 0 unspecified atom stereocenters. The lowest BCUT2D eigenvalue weighted by molar-refractivity contribution is 0.0697. The van der Waals surface area contributed by atoms with Crippen LogP contribution in [0.25, 0.3) is 10.9 Å². The smallest absolute Gasteiger partial charge is 0.549 e. The number of aromatic nitrogens is 1. The molecule has 2 aromatic rings. The van der Waals surface area contributed by atoms with Gasteiger partial charge in [0.15, 0.2) is 0 Å². The molecule has 2 N–H and O–H groups in total. The number of ether oxygens (including phenoxy) is 1. The highest BCUT2D eigenvalue weighted by Gasteiger charge is 2.14. The summed E-state index contributed by atoms with van der Waals surface area (Å²) < 4.78 is 5.32. The molecular weight excluding hydrogens is 244 g/mol. The topological polar surface area (TPSA) is 65.3 Å². The van der Waals surface area contributed by atoms with Crippen LogP contribution in [0.2, 0.25) is 0 Å². The van der Waals surface area contributed by atoms with Gasteiger partial charge in [0.1, 0.15) is 11.4 Å². The van der Waals surface area contributed by atoms with Crippen molar-refractivity contribution in [3.8, 4) is 0 Å². The highest BCUT2D eigenvalue weighted by Crippen LogP contribution is 2.20.